The van der Waals surface area contributed by atoms with Gasteiger partial charge >= 0.3 is 0 Å². The molecular weight excluding hydrogens is 276 g/mol. The summed E-state index contributed by atoms with van der Waals surface area (Å²) in [5, 5.41) is 4.97. The lowest BCUT2D eigenvalue weighted by Crippen LogP contribution is -2.45. The molecule has 1 aromatic carbocycles. The van der Waals surface area contributed by atoms with E-state index in [1.54, 1.807) is 0 Å². The first-order valence-corrected chi connectivity index (χ1v) is 8.85. The Morgan fingerprint density at radius 2 is 2.10 bits per heavy atom. The van der Waals surface area contributed by atoms with Gasteiger partial charge in [-0.2, -0.15) is 0 Å². The summed E-state index contributed by atoms with van der Waals surface area (Å²) in [5.41, 5.74) is 0.295. The van der Waals surface area contributed by atoms with E-state index < -0.39 is 0 Å². The Morgan fingerprint density at radius 1 is 1.29 bits per heavy atom. The van der Waals surface area contributed by atoms with E-state index in [0.717, 1.165) is 11.8 Å². The highest BCUT2D eigenvalue weighted by atomic mass is 32.1. The first-order chi connectivity index (χ1) is 10.1. The Morgan fingerprint density at radius 3 is 2.86 bits per heavy atom. The van der Waals surface area contributed by atoms with Crippen LogP contribution in [-0.4, -0.2) is 30.1 Å². The highest BCUT2D eigenvalue weighted by Crippen LogP contribution is 2.46. The fourth-order valence-corrected chi connectivity index (χ4v) is 5.60. The molecule has 2 fully saturated rings. The number of thiophene rings is 1. The van der Waals surface area contributed by atoms with Crippen LogP contribution in [0, 0.1) is 11.8 Å². The number of nitrogens with zero attached hydrogens (tertiary/aromatic N) is 1. The normalized spacial score (nSPS) is 29.9. The maximum Gasteiger partial charge on any atom is 0.0419 e. The molecule has 3 heterocycles. The molecule has 0 spiro atoms. The monoisotopic (exact) mass is 300 g/mol. The summed E-state index contributed by atoms with van der Waals surface area (Å²) in [4.78, 5) is 4.26. The Labute approximate surface area is 131 Å². The van der Waals surface area contributed by atoms with Gasteiger partial charge in [0, 0.05) is 34.2 Å². The number of hydrogen-bond donors (Lipinski definition) is 1. The molecule has 112 valence electrons. The Bertz CT molecular complexity index is 627. The maximum absolute atomic E-state index is 3.58. The molecular formula is C18H24N2S. The first kappa shape index (κ1) is 13.7. The Hall–Kier alpha value is -0.900. The van der Waals surface area contributed by atoms with Crippen molar-refractivity contribution in [1.29, 1.82) is 0 Å². The van der Waals surface area contributed by atoms with E-state index in [1.165, 1.54) is 34.6 Å². The van der Waals surface area contributed by atoms with Crippen LogP contribution < -0.4 is 5.32 Å². The van der Waals surface area contributed by atoms with E-state index in [0.29, 0.717) is 11.6 Å². The molecule has 0 saturated carbocycles. The summed E-state index contributed by atoms with van der Waals surface area (Å²) in [5.74, 6) is 1.63. The van der Waals surface area contributed by atoms with Crippen molar-refractivity contribution in [2.75, 3.05) is 19.6 Å². The summed E-state index contributed by atoms with van der Waals surface area (Å²) in [6.45, 7) is 10.9. The lowest BCUT2D eigenvalue weighted by Gasteiger charge is -2.39. The minimum atomic E-state index is 0.295. The zero-order valence-corrected chi connectivity index (χ0v) is 13.9. The summed E-state index contributed by atoms with van der Waals surface area (Å²) < 4.78 is 1.42. The molecule has 3 heteroatoms. The van der Waals surface area contributed by atoms with Gasteiger partial charge in [0.15, 0.2) is 0 Å². The van der Waals surface area contributed by atoms with Gasteiger partial charge in [0.05, 0.1) is 0 Å². The number of rotatable bonds is 2. The molecule has 1 aromatic heterocycles. The van der Waals surface area contributed by atoms with Crippen molar-refractivity contribution in [2.24, 2.45) is 11.8 Å². The van der Waals surface area contributed by atoms with Gasteiger partial charge in [0.25, 0.3) is 0 Å². The molecule has 2 saturated heterocycles. The average Bonchev–Trinajstić information content (AvgIpc) is 3.14. The molecule has 4 rings (SSSR count). The quantitative estimate of drug-likeness (QED) is 0.905. The first-order valence-electron chi connectivity index (χ1n) is 8.03. The van der Waals surface area contributed by atoms with Crippen molar-refractivity contribution < 1.29 is 0 Å². The van der Waals surface area contributed by atoms with Crippen LogP contribution in [0.2, 0.25) is 0 Å². The van der Waals surface area contributed by atoms with Crippen molar-refractivity contribution in [3.8, 4) is 0 Å². The van der Waals surface area contributed by atoms with E-state index in [4.69, 9.17) is 0 Å². The molecule has 1 N–H and O–H groups in total. The van der Waals surface area contributed by atoms with Gasteiger partial charge in [-0.25, -0.2) is 0 Å². The smallest absolute Gasteiger partial charge is 0.0419 e. The van der Waals surface area contributed by atoms with Crippen LogP contribution in [0.3, 0.4) is 0 Å². The topological polar surface area (TPSA) is 15.3 Å². The van der Waals surface area contributed by atoms with E-state index >= 15 is 0 Å². The third-order valence-electron chi connectivity index (χ3n) is 5.74. The van der Waals surface area contributed by atoms with Gasteiger partial charge in [-0.1, -0.05) is 18.2 Å². The molecule has 3 unspecified atom stereocenters. The lowest BCUT2D eigenvalue weighted by molar-refractivity contribution is 0.0987. The molecule has 21 heavy (non-hydrogen) atoms. The molecule has 0 bridgehead atoms. The van der Waals surface area contributed by atoms with Crippen molar-refractivity contribution in [3.63, 3.8) is 0 Å². The van der Waals surface area contributed by atoms with Crippen molar-refractivity contribution in [2.45, 2.75) is 32.4 Å². The fraction of sp³-hybridized carbons (Fsp3) is 0.556. The summed E-state index contributed by atoms with van der Waals surface area (Å²) >= 11 is 1.96. The molecule has 3 atom stereocenters. The zero-order valence-electron chi connectivity index (χ0n) is 13.1. The summed E-state index contributed by atoms with van der Waals surface area (Å²) in [6, 6.07) is 11.7. The second-order valence-electron chi connectivity index (χ2n) is 7.19. The highest BCUT2D eigenvalue weighted by molar-refractivity contribution is 7.19. The predicted molar refractivity (Wildman–Crippen MR) is 90.9 cm³/mol. The van der Waals surface area contributed by atoms with Crippen LogP contribution in [0.15, 0.2) is 30.3 Å². The van der Waals surface area contributed by atoms with Gasteiger partial charge in [-0.3, -0.25) is 4.90 Å². The van der Waals surface area contributed by atoms with Crippen LogP contribution in [0.1, 0.15) is 31.7 Å². The molecule has 2 aliphatic heterocycles. The number of fused-ring (bicyclic) bond motifs is 2. The Balaban J connectivity index is 1.66. The van der Waals surface area contributed by atoms with Gasteiger partial charge in [0.2, 0.25) is 0 Å². The van der Waals surface area contributed by atoms with Gasteiger partial charge in [0.1, 0.15) is 0 Å². The fourth-order valence-electron chi connectivity index (χ4n) is 4.47. The predicted octanol–water partition coefficient (Wildman–Crippen LogP) is 3.89. The maximum atomic E-state index is 3.58. The summed E-state index contributed by atoms with van der Waals surface area (Å²) in [6.07, 6.45) is 0. The van der Waals surface area contributed by atoms with Crippen LogP contribution in [0.5, 0.6) is 0 Å². The van der Waals surface area contributed by atoms with E-state index in [2.05, 4.69) is 61.3 Å². The minimum absolute atomic E-state index is 0.295. The van der Waals surface area contributed by atoms with Crippen LogP contribution >= 0.6 is 11.3 Å². The minimum Gasteiger partial charge on any atom is -0.316 e. The molecule has 0 aliphatic carbocycles. The van der Waals surface area contributed by atoms with E-state index in [1.807, 2.05) is 11.3 Å². The number of nitrogens with one attached hydrogen (secondary N) is 1. The Kier molecular flexibility index (Phi) is 3.14. The third kappa shape index (κ3) is 2.06. The van der Waals surface area contributed by atoms with Crippen molar-refractivity contribution in [3.05, 3.63) is 35.2 Å². The van der Waals surface area contributed by atoms with Crippen LogP contribution in [0.25, 0.3) is 10.1 Å². The largest absolute Gasteiger partial charge is 0.316 e. The molecule has 2 nitrogen and oxygen atoms in total. The lowest BCUT2D eigenvalue weighted by atomic mass is 9.84. The van der Waals surface area contributed by atoms with Crippen LogP contribution in [-0.2, 0) is 0 Å². The molecule has 0 radical (unpaired) electrons. The van der Waals surface area contributed by atoms with Gasteiger partial charge in [-0.15, -0.1) is 11.3 Å². The number of benzene rings is 1. The van der Waals surface area contributed by atoms with E-state index in [9.17, 15) is 0 Å². The second kappa shape index (κ2) is 4.80. The van der Waals surface area contributed by atoms with Crippen molar-refractivity contribution in [1.82, 2.24) is 10.2 Å². The third-order valence-corrected chi connectivity index (χ3v) is 7.03. The summed E-state index contributed by atoms with van der Waals surface area (Å²) in [7, 11) is 0. The SMILES string of the molecule is CC(c1cc2ccccc2s1)N1CC2CNCC2C1(C)C. The van der Waals surface area contributed by atoms with Crippen LogP contribution in [0.4, 0.5) is 0 Å². The van der Waals surface area contributed by atoms with Gasteiger partial charge in [-0.05, 0) is 56.7 Å². The average molecular weight is 300 g/mol. The molecule has 2 aliphatic rings. The molecule has 0 amide bonds. The second-order valence-corrected chi connectivity index (χ2v) is 8.31. The van der Waals surface area contributed by atoms with Gasteiger partial charge < -0.3 is 5.32 Å². The number of hydrogen-bond acceptors (Lipinski definition) is 3. The standard InChI is InChI=1S/C18H24N2S/c1-12(17-8-13-6-4-5-7-16(13)21-17)20-11-14-9-19-10-15(14)18(20,2)3/h4-8,12,14-15,19H,9-11H2,1-3H3. The van der Waals surface area contributed by atoms with Crippen molar-refractivity contribution >= 4 is 21.4 Å². The zero-order chi connectivity index (χ0) is 14.6. The molecule has 2 aromatic rings. The highest BCUT2D eigenvalue weighted by Gasteiger charge is 2.51. The number of likely N-dealkylation sites (tertiary alicyclic amines) is 1. The van der Waals surface area contributed by atoms with E-state index in [-0.39, 0.29) is 0 Å².